The highest BCUT2D eigenvalue weighted by molar-refractivity contribution is 4.41. The van der Waals surface area contributed by atoms with E-state index in [9.17, 15) is 0 Å². The van der Waals surface area contributed by atoms with Crippen LogP contribution in [0.15, 0.2) is 0 Å². The van der Waals surface area contributed by atoms with Crippen LogP contribution in [0.2, 0.25) is 0 Å². The van der Waals surface area contributed by atoms with E-state index in [2.05, 4.69) is 12.2 Å². The summed E-state index contributed by atoms with van der Waals surface area (Å²) < 4.78 is 10.6. The normalized spacial score (nSPS) is 10.6. The number of rotatable bonds is 10. The third-order valence-corrected chi connectivity index (χ3v) is 1.69. The van der Waals surface area contributed by atoms with Gasteiger partial charge in [0.2, 0.25) is 0 Å². The van der Waals surface area contributed by atoms with Gasteiger partial charge in [-0.1, -0.05) is 6.92 Å². The molecule has 0 unspecified atom stereocenters. The van der Waals surface area contributed by atoms with Gasteiger partial charge in [0.15, 0.2) is 0 Å². The third kappa shape index (κ3) is 11.9. The summed E-state index contributed by atoms with van der Waals surface area (Å²) in [4.78, 5) is 0. The van der Waals surface area contributed by atoms with Gasteiger partial charge in [0.1, 0.15) is 0 Å². The Kier molecular flexibility index (Phi) is 11.8. The maximum absolute atomic E-state index is 5.37. The number of nitrogens with one attached hydrogen (secondary N) is 1. The lowest BCUT2D eigenvalue weighted by molar-refractivity contribution is 0.0467. The lowest BCUT2D eigenvalue weighted by Crippen LogP contribution is -2.10. The van der Waals surface area contributed by atoms with Crippen molar-refractivity contribution < 1.29 is 9.47 Å². The molecule has 0 aliphatic heterocycles. The van der Waals surface area contributed by atoms with E-state index in [1.807, 2.05) is 7.05 Å². The van der Waals surface area contributed by atoms with Gasteiger partial charge >= 0.3 is 0 Å². The molecule has 3 heteroatoms. The second-order valence-electron chi connectivity index (χ2n) is 3.04. The maximum atomic E-state index is 5.37. The highest BCUT2D eigenvalue weighted by atomic mass is 16.5. The molecule has 0 fully saturated rings. The second kappa shape index (κ2) is 11.9. The summed E-state index contributed by atoms with van der Waals surface area (Å²) >= 11 is 0. The van der Waals surface area contributed by atoms with Gasteiger partial charge in [-0.2, -0.15) is 0 Å². The first-order valence-electron chi connectivity index (χ1n) is 5.22. The van der Waals surface area contributed by atoms with Gasteiger partial charge in [0.25, 0.3) is 0 Å². The van der Waals surface area contributed by atoms with Crippen LogP contribution in [-0.2, 0) is 9.47 Å². The van der Waals surface area contributed by atoms with E-state index >= 15 is 0 Å². The zero-order valence-electron chi connectivity index (χ0n) is 8.97. The van der Waals surface area contributed by atoms with Crippen molar-refractivity contribution in [2.24, 2.45) is 0 Å². The average molecular weight is 189 g/mol. The Balaban J connectivity index is 2.76. The Morgan fingerprint density at radius 3 is 2.23 bits per heavy atom. The molecule has 0 aromatic carbocycles. The van der Waals surface area contributed by atoms with Crippen LogP contribution >= 0.6 is 0 Å². The van der Waals surface area contributed by atoms with Gasteiger partial charge in [0, 0.05) is 13.2 Å². The Labute approximate surface area is 81.8 Å². The van der Waals surface area contributed by atoms with Crippen LogP contribution in [0.1, 0.15) is 26.2 Å². The molecule has 0 amide bonds. The highest BCUT2D eigenvalue weighted by Gasteiger charge is 1.89. The summed E-state index contributed by atoms with van der Waals surface area (Å²) in [6, 6.07) is 0. The summed E-state index contributed by atoms with van der Waals surface area (Å²) in [5.74, 6) is 0. The minimum absolute atomic E-state index is 0.736. The molecule has 13 heavy (non-hydrogen) atoms. The fourth-order valence-electron chi connectivity index (χ4n) is 0.972. The van der Waals surface area contributed by atoms with E-state index in [0.29, 0.717) is 0 Å². The predicted molar refractivity (Wildman–Crippen MR) is 55.1 cm³/mol. The van der Waals surface area contributed by atoms with Gasteiger partial charge in [-0.05, 0) is 32.9 Å². The summed E-state index contributed by atoms with van der Waals surface area (Å²) in [7, 11) is 1.97. The fraction of sp³-hybridized carbons (Fsp3) is 1.00. The molecule has 0 aliphatic rings. The molecule has 3 nitrogen and oxygen atoms in total. The Morgan fingerprint density at radius 2 is 1.62 bits per heavy atom. The van der Waals surface area contributed by atoms with E-state index in [0.717, 1.165) is 45.8 Å². The molecule has 0 atom stereocenters. The highest BCUT2D eigenvalue weighted by Crippen LogP contribution is 1.88. The van der Waals surface area contributed by atoms with Crippen molar-refractivity contribution in [2.45, 2.75) is 26.2 Å². The van der Waals surface area contributed by atoms with Gasteiger partial charge < -0.3 is 14.8 Å². The molecular weight excluding hydrogens is 166 g/mol. The van der Waals surface area contributed by atoms with Crippen LogP contribution in [0, 0.1) is 0 Å². The van der Waals surface area contributed by atoms with E-state index in [1.165, 1.54) is 6.42 Å². The van der Waals surface area contributed by atoms with Crippen molar-refractivity contribution in [3.05, 3.63) is 0 Å². The minimum atomic E-state index is 0.736. The van der Waals surface area contributed by atoms with Crippen LogP contribution in [0.4, 0.5) is 0 Å². The van der Waals surface area contributed by atoms with Crippen LogP contribution < -0.4 is 5.32 Å². The van der Waals surface area contributed by atoms with Gasteiger partial charge in [-0.3, -0.25) is 0 Å². The monoisotopic (exact) mass is 189 g/mol. The van der Waals surface area contributed by atoms with E-state index < -0.39 is 0 Å². The lowest BCUT2D eigenvalue weighted by Gasteiger charge is -2.04. The van der Waals surface area contributed by atoms with Gasteiger partial charge in [0.05, 0.1) is 13.2 Å². The summed E-state index contributed by atoms with van der Waals surface area (Å²) in [6.45, 7) is 6.37. The molecule has 0 heterocycles. The summed E-state index contributed by atoms with van der Waals surface area (Å²) in [5, 5.41) is 3.11. The molecule has 1 N–H and O–H groups in total. The fourth-order valence-corrected chi connectivity index (χ4v) is 0.972. The molecule has 0 aliphatic carbocycles. The quantitative estimate of drug-likeness (QED) is 0.527. The molecule has 0 radical (unpaired) electrons. The molecule has 0 bridgehead atoms. The second-order valence-corrected chi connectivity index (χ2v) is 3.04. The number of hydrogen-bond donors (Lipinski definition) is 1. The molecular formula is C10H23NO2. The first kappa shape index (κ1) is 12.9. The zero-order chi connectivity index (χ0) is 9.78. The summed E-state index contributed by atoms with van der Waals surface area (Å²) in [6.07, 6.45) is 3.41. The standard InChI is InChI=1S/C10H23NO2/c1-3-7-12-9-10-13-8-5-4-6-11-2/h11H,3-10H2,1-2H3. The molecule has 0 spiro atoms. The van der Waals surface area contributed by atoms with Crippen LogP contribution in [0.3, 0.4) is 0 Å². The van der Waals surface area contributed by atoms with Crippen molar-refractivity contribution >= 4 is 0 Å². The van der Waals surface area contributed by atoms with Crippen molar-refractivity contribution in [3.8, 4) is 0 Å². The average Bonchev–Trinajstić information content (AvgIpc) is 2.16. The van der Waals surface area contributed by atoms with E-state index in [4.69, 9.17) is 9.47 Å². The van der Waals surface area contributed by atoms with Gasteiger partial charge in [-0.15, -0.1) is 0 Å². The number of unbranched alkanes of at least 4 members (excludes halogenated alkanes) is 1. The zero-order valence-corrected chi connectivity index (χ0v) is 8.97. The van der Waals surface area contributed by atoms with Crippen LogP contribution in [0.25, 0.3) is 0 Å². The van der Waals surface area contributed by atoms with Crippen LogP contribution in [0.5, 0.6) is 0 Å². The van der Waals surface area contributed by atoms with Gasteiger partial charge in [-0.25, -0.2) is 0 Å². The van der Waals surface area contributed by atoms with E-state index in [1.54, 1.807) is 0 Å². The SMILES string of the molecule is CCCOCCOCCCCNC. The van der Waals surface area contributed by atoms with Crippen LogP contribution in [-0.4, -0.2) is 40.0 Å². The molecule has 0 saturated heterocycles. The van der Waals surface area contributed by atoms with E-state index in [-0.39, 0.29) is 0 Å². The predicted octanol–water partition coefficient (Wildman–Crippen LogP) is 1.43. The minimum Gasteiger partial charge on any atom is -0.379 e. The molecule has 0 aromatic heterocycles. The van der Waals surface area contributed by atoms with Crippen molar-refractivity contribution in [1.29, 1.82) is 0 Å². The molecule has 0 rings (SSSR count). The summed E-state index contributed by atoms with van der Waals surface area (Å²) in [5.41, 5.74) is 0. The Bertz CT molecular complexity index is 79.0. The Hall–Kier alpha value is -0.120. The maximum Gasteiger partial charge on any atom is 0.0700 e. The number of hydrogen-bond acceptors (Lipinski definition) is 3. The first-order chi connectivity index (χ1) is 6.41. The van der Waals surface area contributed by atoms with Crippen molar-refractivity contribution in [2.75, 3.05) is 40.0 Å². The van der Waals surface area contributed by atoms with Crippen molar-refractivity contribution in [3.63, 3.8) is 0 Å². The topological polar surface area (TPSA) is 30.5 Å². The van der Waals surface area contributed by atoms with Crippen molar-refractivity contribution in [1.82, 2.24) is 5.32 Å². The molecule has 80 valence electrons. The molecule has 0 saturated carbocycles. The lowest BCUT2D eigenvalue weighted by atomic mass is 10.3. The third-order valence-electron chi connectivity index (χ3n) is 1.69. The largest absolute Gasteiger partial charge is 0.379 e. The molecule has 0 aromatic rings. The smallest absolute Gasteiger partial charge is 0.0700 e. The number of ether oxygens (including phenoxy) is 2. The Morgan fingerprint density at radius 1 is 0.923 bits per heavy atom. The first-order valence-corrected chi connectivity index (χ1v) is 5.22.